The first-order chi connectivity index (χ1) is 11.1. The zero-order chi connectivity index (χ0) is 16.2. The summed E-state index contributed by atoms with van der Waals surface area (Å²) in [7, 11) is 0. The number of hydrogen-bond acceptors (Lipinski definition) is 7. The molecule has 6 nitrogen and oxygen atoms in total. The lowest BCUT2D eigenvalue weighted by Gasteiger charge is -1.99. The molecule has 1 amide bonds. The first kappa shape index (κ1) is 15.7. The molecule has 3 aromatic rings. The van der Waals surface area contributed by atoms with Crippen molar-refractivity contribution in [3.05, 3.63) is 41.1 Å². The van der Waals surface area contributed by atoms with E-state index in [1.807, 2.05) is 36.6 Å². The Balaban J connectivity index is 1.58. The largest absolute Gasteiger partial charge is 0.416 e. The molecule has 0 aliphatic heterocycles. The molecule has 1 aromatic carbocycles. The Bertz CT molecular complexity index is 811. The number of thiazole rings is 1. The Kier molecular flexibility index (Phi) is 4.73. The molecule has 0 unspecified atom stereocenters. The number of hydrogen-bond donors (Lipinski definition) is 1. The van der Waals surface area contributed by atoms with E-state index in [4.69, 9.17) is 4.42 Å². The monoisotopic (exact) mass is 346 g/mol. The molecule has 0 saturated carbocycles. The summed E-state index contributed by atoms with van der Waals surface area (Å²) in [5.41, 5.74) is 3.08. The lowest BCUT2D eigenvalue weighted by atomic mass is 10.1. The van der Waals surface area contributed by atoms with Crippen LogP contribution in [-0.2, 0) is 4.79 Å². The minimum absolute atomic E-state index is 0.157. The molecule has 0 bridgehead atoms. The van der Waals surface area contributed by atoms with E-state index in [0.717, 1.165) is 11.3 Å². The molecule has 118 valence electrons. The van der Waals surface area contributed by atoms with Gasteiger partial charge in [0.2, 0.25) is 11.8 Å². The van der Waals surface area contributed by atoms with E-state index in [-0.39, 0.29) is 11.7 Å². The number of carbonyl (C=O) groups is 1. The van der Waals surface area contributed by atoms with Crippen LogP contribution in [0.1, 0.15) is 11.5 Å². The molecule has 2 heterocycles. The van der Waals surface area contributed by atoms with Crippen molar-refractivity contribution in [3.63, 3.8) is 0 Å². The molecule has 8 heteroatoms. The maximum atomic E-state index is 11.9. The fraction of sp³-hybridized carbons (Fsp3) is 0.200. The average Bonchev–Trinajstić information content (AvgIpc) is 3.15. The molecule has 0 aliphatic carbocycles. The number of rotatable bonds is 5. The van der Waals surface area contributed by atoms with Gasteiger partial charge in [-0.25, -0.2) is 4.98 Å². The number of aryl methyl sites for hydroxylation is 2. The number of thioether (sulfide) groups is 1. The highest BCUT2D eigenvalue weighted by Gasteiger charge is 2.11. The summed E-state index contributed by atoms with van der Waals surface area (Å²) in [6.07, 6.45) is 0. The molecule has 1 N–H and O–H groups in total. The van der Waals surface area contributed by atoms with E-state index in [2.05, 4.69) is 20.5 Å². The molecular weight excluding hydrogens is 332 g/mol. The number of nitrogens with zero attached hydrogens (tertiary/aromatic N) is 3. The average molecular weight is 346 g/mol. The van der Waals surface area contributed by atoms with Crippen LogP contribution >= 0.6 is 23.1 Å². The van der Waals surface area contributed by atoms with Gasteiger partial charge in [0.05, 0.1) is 11.4 Å². The Morgan fingerprint density at radius 3 is 2.74 bits per heavy atom. The van der Waals surface area contributed by atoms with Gasteiger partial charge in [-0.2, -0.15) is 0 Å². The second kappa shape index (κ2) is 6.93. The van der Waals surface area contributed by atoms with E-state index in [0.29, 0.717) is 16.2 Å². The van der Waals surface area contributed by atoms with Crippen LogP contribution in [0.2, 0.25) is 0 Å². The van der Waals surface area contributed by atoms with Crippen LogP contribution in [0, 0.1) is 13.8 Å². The predicted molar refractivity (Wildman–Crippen MR) is 90.7 cm³/mol. The molecule has 3 rings (SSSR count). The number of nitrogens with one attached hydrogen (secondary N) is 1. The summed E-state index contributed by atoms with van der Waals surface area (Å²) in [6.45, 7) is 3.75. The van der Waals surface area contributed by atoms with Crippen LogP contribution < -0.4 is 5.32 Å². The van der Waals surface area contributed by atoms with Crippen molar-refractivity contribution < 1.29 is 9.21 Å². The summed E-state index contributed by atoms with van der Waals surface area (Å²) in [6, 6.07) is 8.11. The second-order valence-corrected chi connectivity index (χ2v) is 6.61. The smallest absolute Gasteiger partial charge is 0.277 e. The van der Waals surface area contributed by atoms with Gasteiger partial charge in [0, 0.05) is 17.9 Å². The highest BCUT2D eigenvalue weighted by molar-refractivity contribution is 7.99. The highest BCUT2D eigenvalue weighted by atomic mass is 32.2. The fourth-order valence-electron chi connectivity index (χ4n) is 1.81. The molecule has 2 aromatic heterocycles. The minimum Gasteiger partial charge on any atom is -0.416 e. The van der Waals surface area contributed by atoms with E-state index < -0.39 is 0 Å². The molecule has 0 atom stereocenters. The summed E-state index contributed by atoms with van der Waals surface area (Å²) in [4.78, 5) is 16.4. The Morgan fingerprint density at radius 2 is 2.04 bits per heavy atom. The van der Waals surface area contributed by atoms with Gasteiger partial charge in [-0.15, -0.1) is 21.5 Å². The molecular formula is C15H14N4O2S2. The Labute approximate surface area is 141 Å². The zero-order valence-electron chi connectivity index (χ0n) is 12.6. The molecule has 0 aliphatic rings. The van der Waals surface area contributed by atoms with Crippen LogP contribution in [0.15, 0.2) is 39.3 Å². The summed E-state index contributed by atoms with van der Waals surface area (Å²) < 4.78 is 5.20. The van der Waals surface area contributed by atoms with Gasteiger partial charge >= 0.3 is 0 Å². The lowest BCUT2D eigenvalue weighted by Crippen LogP contribution is -2.13. The van der Waals surface area contributed by atoms with E-state index in [1.165, 1.54) is 28.7 Å². The van der Waals surface area contributed by atoms with Crippen molar-refractivity contribution in [2.24, 2.45) is 0 Å². The summed E-state index contributed by atoms with van der Waals surface area (Å²) in [5, 5.41) is 13.2. The van der Waals surface area contributed by atoms with Gasteiger partial charge in [-0.3, -0.25) is 4.79 Å². The Hall–Kier alpha value is -2.19. The fourth-order valence-corrected chi connectivity index (χ4v) is 3.15. The number of anilines is 1. The van der Waals surface area contributed by atoms with Gasteiger partial charge in [0.25, 0.3) is 5.22 Å². The van der Waals surface area contributed by atoms with Gasteiger partial charge < -0.3 is 9.73 Å². The normalized spacial score (nSPS) is 10.7. The van der Waals surface area contributed by atoms with Gasteiger partial charge in [-0.05, 0) is 6.92 Å². The van der Waals surface area contributed by atoms with Gasteiger partial charge in [0.15, 0.2) is 5.13 Å². The van der Waals surface area contributed by atoms with Crippen molar-refractivity contribution in [1.82, 2.24) is 15.2 Å². The summed E-state index contributed by atoms with van der Waals surface area (Å²) in [5.74, 6) is 0.521. The van der Waals surface area contributed by atoms with Crippen LogP contribution in [0.25, 0.3) is 11.3 Å². The highest BCUT2D eigenvalue weighted by Crippen LogP contribution is 2.25. The molecule has 0 radical (unpaired) electrons. The minimum atomic E-state index is -0.157. The van der Waals surface area contributed by atoms with Crippen LogP contribution in [0.5, 0.6) is 0 Å². The first-order valence-corrected chi connectivity index (χ1v) is 8.72. The quantitative estimate of drug-likeness (QED) is 0.712. The van der Waals surface area contributed by atoms with Gasteiger partial charge in [0.1, 0.15) is 0 Å². The van der Waals surface area contributed by atoms with Crippen molar-refractivity contribution in [2.75, 3.05) is 11.1 Å². The summed E-state index contributed by atoms with van der Waals surface area (Å²) >= 11 is 2.60. The molecule has 0 fully saturated rings. The van der Waals surface area contributed by atoms with Crippen LogP contribution in [0.4, 0.5) is 5.13 Å². The number of aromatic nitrogens is 3. The third kappa shape index (κ3) is 4.17. The van der Waals surface area contributed by atoms with Crippen LogP contribution in [-0.4, -0.2) is 26.8 Å². The van der Waals surface area contributed by atoms with Crippen LogP contribution in [0.3, 0.4) is 0 Å². The number of amides is 1. The topological polar surface area (TPSA) is 80.9 Å². The van der Waals surface area contributed by atoms with E-state index in [9.17, 15) is 4.79 Å². The number of carbonyl (C=O) groups excluding carboxylic acids is 1. The maximum Gasteiger partial charge on any atom is 0.277 e. The molecule has 0 saturated heterocycles. The lowest BCUT2D eigenvalue weighted by molar-refractivity contribution is -0.113. The predicted octanol–water partition coefficient (Wildman–Crippen LogP) is 3.54. The second-order valence-electron chi connectivity index (χ2n) is 4.83. The van der Waals surface area contributed by atoms with Crippen molar-refractivity contribution >= 4 is 34.1 Å². The number of benzene rings is 1. The van der Waals surface area contributed by atoms with Crippen molar-refractivity contribution in [3.8, 4) is 11.3 Å². The zero-order valence-corrected chi connectivity index (χ0v) is 14.2. The molecule has 0 spiro atoms. The third-order valence-electron chi connectivity index (χ3n) is 2.93. The maximum absolute atomic E-state index is 11.9. The molecule has 23 heavy (non-hydrogen) atoms. The Morgan fingerprint density at radius 1 is 1.26 bits per heavy atom. The van der Waals surface area contributed by atoms with Crippen molar-refractivity contribution in [2.45, 2.75) is 19.1 Å². The third-order valence-corrected chi connectivity index (χ3v) is 4.51. The van der Waals surface area contributed by atoms with E-state index in [1.54, 1.807) is 6.92 Å². The van der Waals surface area contributed by atoms with Gasteiger partial charge in [-0.1, -0.05) is 41.6 Å². The first-order valence-electron chi connectivity index (χ1n) is 6.85. The van der Waals surface area contributed by atoms with Crippen molar-refractivity contribution in [1.29, 1.82) is 0 Å². The van der Waals surface area contributed by atoms with E-state index >= 15 is 0 Å². The SMILES string of the molecule is Cc1ccc(-c2csc(NC(=O)CSc3nnc(C)o3)n2)cc1. The standard InChI is InChI=1S/C15H14N4O2S2/c1-9-3-5-11(6-4-9)12-7-22-14(16-12)17-13(20)8-23-15-19-18-10(2)21-15/h3-7H,8H2,1-2H3,(H,16,17,20).